The molecule has 3 heteroatoms. The Balaban J connectivity index is 2.42. The molecule has 0 atom stereocenters. The normalized spacial score (nSPS) is 9.92. The summed E-state index contributed by atoms with van der Waals surface area (Å²) >= 11 is 0. The number of nitrogens with zero attached hydrogens (tertiary/aromatic N) is 2. The second kappa shape index (κ2) is 3.31. The van der Waals surface area contributed by atoms with Gasteiger partial charge in [-0.15, -0.1) is 0 Å². The average Bonchev–Trinajstić information content (AvgIpc) is 2.20. The van der Waals surface area contributed by atoms with Crippen molar-refractivity contribution in [2.45, 2.75) is 0 Å². The molecule has 1 radical (unpaired) electrons. The number of halogens is 1. The monoisotopic (exact) mass is 173 g/mol. The van der Waals surface area contributed by atoms with Crippen LogP contribution in [0.5, 0.6) is 0 Å². The van der Waals surface area contributed by atoms with Crippen LogP contribution in [-0.2, 0) is 0 Å². The van der Waals surface area contributed by atoms with E-state index >= 15 is 0 Å². The van der Waals surface area contributed by atoms with Crippen molar-refractivity contribution in [1.82, 2.24) is 9.97 Å². The summed E-state index contributed by atoms with van der Waals surface area (Å²) in [5, 5.41) is 0. The summed E-state index contributed by atoms with van der Waals surface area (Å²) in [6.45, 7) is 0. The van der Waals surface area contributed by atoms with E-state index in [4.69, 9.17) is 0 Å². The van der Waals surface area contributed by atoms with E-state index in [1.165, 1.54) is 18.5 Å². The van der Waals surface area contributed by atoms with Crippen LogP contribution in [0.15, 0.2) is 36.7 Å². The molecule has 0 saturated heterocycles. The van der Waals surface area contributed by atoms with Crippen LogP contribution in [0.1, 0.15) is 0 Å². The molecule has 1 aromatic carbocycles. The van der Waals surface area contributed by atoms with Gasteiger partial charge in [-0.25, -0.2) is 14.4 Å². The number of hydrogen-bond donors (Lipinski definition) is 0. The minimum Gasteiger partial charge on any atom is -0.236 e. The fraction of sp³-hybridized carbons (Fsp3) is 0. The number of aromatic nitrogens is 2. The fourth-order valence-corrected chi connectivity index (χ4v) is 1.04. The Labute approximate surface area is 75.1 Å². The highest BCUT2D eigenvalue weighted by molar-refractivity contribution is 5.57. The maximum Gasteiger partial charge on any atom is 0.123 e. The van der Waals surface area contributed by atoms with Crippen molar-refractivity contribution >= 4 is 0 Å². The Morgan fingerprint density at radius 2 is 1.92 bits per heavy atom. The first kappa shape index (κ1) is 7.86. The van der Waals surface area contributed by atoms with Gasteiger partial charge in [0, 0.05) is 5.56 Å². The Morgan fingerprint density at radius 1 is 1.15 bits per heavy atom. The molecule has 0 aliphatic carbocycles. The van der Waals surface area contributed by atoms with Crippen LogP contribution in [0.4, 0.5) is 4.39 Å². The number of hydrogen-bond acceptors (Lipinski definition) is 2. The van der Waals surface area contributed by atoms with E-state index in [9.17, 15) is 4.39 Å². The molecule has 2 nitrogen and oxygen atoms in total. The zero-order valence-corrected chi connectivity index (χ0v) is 6.74. The van der Waals surface area contributed by atoms with Crippen molar-refractivity contribution in [3.8, 4) is 11.3 Å². The third-order valence-electron chi connectivity index (χ3n) is 1.67. The third kappa shape index (κ3) is 1.69. The summed E-state index contributed by atoms with van der Waals surface area (Å²) < 4.78 is 12.6. The minimum atomic E-state index is -0.248. The van der Waals surface area contributed by atoms with E-state index in [0.29, 0.717) is 0 Å². The van der Waals surface area contributed by atoms with Crippen molar-refractivity contribution in [2.75, 3.05) is 0 Å². The predicted molar refractivity (Wildman–Crippen MR) is 46.3 cm³/mol. The lowest BCUT2D eigenvalue weighted by Gasteiger charge is -1.97. The molecule has 63 valence electrons. The summed E-state index contributed by atoms with van der Waals surface area (Å²) in [7, 11) is 0. The lowest BCUT2D eigenvalue weighted by Crippen LogP contribution is -1.84. The number of benzene rings is 1. The van der Waals surface area contributed by atoms with Crippen LogP contribution in [0, 0.1) is 12.0 Å². The second-order valence-corrected chi connectivity index (χ2v) is 2.54. The van der Waals surface area contributed by atoms with Gasteiger partial charge in [0.2, 0.25) is 0 Å². The molecule has 0 spiro atoms. The average molecular weight is 173 g/mol. The summed E-state index contributed by atoms with van der Waals surface area (Å²) in [5.41, 5.74) is 1.61. The van der Waals surface area contributed by atoms with Crippen molar-refractivity contribution in [3.63, 3.8) is 0 Å². The van der Waals surface area contributed by atoms with Crippen LogP contribution in [0.3, 0.4) is 0 Å². The summed E-state index contributed by atoms with van der Waals surface area (Å²) in [5.74, 6) is -0.248. The number of rotatable bonds is 1. The molecule has 0 bridgehead atoms. The second-order valence-electron chi connectivity index (χ2n) is 2.54. The molecule has 0 aliphatic rings. The zero-order valence-electron chi connectivity index (χ0n) is 6.74. The smallest absolute Gasteiger partial charge is 0.123 e. The van der Waals surface area contributed by atoms with Crippen molar-refractivity contribution in [3.05, 3.63) is 48.7 Å². The van der Waals surface area contributed by atoms with Gasteiger partial charge in [-0.3, -0.25) is 0 Å². The van der Waals surface area contributed by atoms with Gasteiger partial charge < -0.3 is 0 Å². The molecular formula is C10H6FN2. The van der Waals surface area contributed by atoms with E-state index in [1.807, 2.05) is 0 Å². The van der Waals surface area contributed by atoms with Gasteiger partial charge in [0.1, 0.15) is 12.1 Å². The van der Waals surface area contributed by atoms with Crippen molar-refractivity contribution in [1.29, 1.82) is 0 Å². The first-order valence-electron chi connectivity index (χ1n) is 3.80. The first-order valence-corrected chi connectivity index (χ1v) is 3.80. The van der Waals surface area contributed by atoms with Crippen LogP contribution in [0.25, 0.3) is 11.3 Å². The maximum absolute atomic E-state index is 12.6. The first-order chi connectivity index (χ1) is 6.36. The highest BCUT2D eigenvalue weighted by Gasteiger charge is 1.97. The van der Waals surface area contributed by atoms with E-state index in [1.54, 1.807) is 18.2 Å². The molecule has 0 amide bonds. The Morgan fingerprint density at radius 3 is 2.54 bits per heavy atom. The topological polar surface area (TPSA) is 25.8 Å². The summed E-state index contributed by atoms with van der Waals surface area (Å²) in [6.07, 6.45) is 4.08. The Hall–Kier alpha value is -1.77. The molecule has 0 N–H and O–H groups in total. The molecule has 1 heterocycles. The standard InChI is InChI=1S/C10H6FN2/c11-9-3-1-8(2-4-9)10-5-6-12-7-13-10/h1-5,7H. The van der Waals surface area contributed by atoms with Crippen molar-refractivity contribution in [2.24, 2.45) is 0 Å². The van der Waals surface area contributed by atoms with Gasteiger partial charge in [-0.2, -0.15) is 0 Å². The minimum absolute atomic E-state index is 0.248. The van der Waals surface area contributed by atoms with E-state index in [2.05, 4.69) is 16.2 Å². The predicted octanol–water partition coefficient (Wildman–Crippen LogP) is 2.08. The Bertz CT molecular complexity index is 383. The van der Waals surface area contributed by atoms with Crippen LogP contribution in [0.2, 0.25) is 0 Å². The summed E-state index contributed by atoms with van der Waals surface area (Å²) in [6, 6.07) is 7.80. The molecule has 2 rings (SSSR count). The third-order valence-corrected chi connectivity index (χ3v) is 1.67. The molecule has 0 saturated carbocycles. The molecule has 1 aromatic heterocycles. The van der Waals surface area contributed by atoms with Crippen molar-refractivity contribution < 1.29 is 4.39 Å². The molecule has 0 unspecified atom stereocenters. The summed E-state index contributed by atoms with van der Waals surface area (Å²) in [4.78, 5) is 7.69. The lowest BCUT2D eigenvalue weighted by molar-refractivity contribution is 0.628. The Kier molecular flexibility index (Phi) is 2.00. The SMILES string of the molecule is Fc1ccc(-c2c[c]ncn2)cc1. The van der Waals surface area contributed by atoms with Gasteiger partial charge in [-0.05, 0) is 30.3 Å². The maximum atomic E-state index is 12.6. The van der Waals surface area contributed by atoms with Gasteiger partial charge >= 0.3 is 0 Å². The van der Waals surface area contributed by atoms with E-state index in [0.717, 1.165) is 11.3 Å². The van der Waals surface area contributed by atoms with Gasteiger partial charge in [-0.1, -0.05) is 0 Å². The lowest BCUT2D eigenvalue weighted by atomic mass is 10.1. The van der Waals surface area contributed by atoms with E-state index in [-0.39, 0.29) is 5.82 Å². The van der Waals surface area contributed by atoms with Gasteiger partial charge in [0.15, 0.2) is 0 Å². The quantitative estimate of drug-likeness (QED) is 0.659. The van der Waals surface area contributed by atoms with Gasteiger partial charge in [0.25, 0.3) is 0 Å². The van der Waals surface area contributed by atoms with Crippen LogP contribution >= 0.6 is 0 Å². The molecule has 2 aromatic rings. The van der Waals surface area contributed by atoms with E-state index < -0.39 is 0 Å². The highest BCUT2D eigenvalue weighted by atomic mass is 19.1. The zero-order chi connectivity index (χ0) is 9.10. The van der Waals surface area contributed by atoms with Gasteiger partial charge in [0.05, 0.1) is 11.9 Å². The molecule has 0 fully saturated rings. The highest BCUT2D eigenvalue weighted by Crippen LogP contribution is 2.15. The van der Waals surface area contributed by atoms with Crippen LogP contribution in [-0.4, -0.2) is 9.97 Å². The molecular weight excluding hydrogens is 167 g/mol. The largest absolute Gasteiger partial charge is 0.236 e. The molecule has 13 heavy (non-hydrogen) atoms. The van der Waals surface area contributed by atoms with Crippen LogP contribution < -0.4 is 0 Å². The molecule has 0 aliphatic heterocycles. The fourth-order valence-electron chi connectivity index (χ4n) is 1.04.